The Balaban J connectivity index is 2.56. The van der Waals surface area contributed by atoms with Crippen molar-refractivity contribution in [2.45, 2.75) is 50.6 Å². The van der Waals surface area contributed by atoms with Gasteiger partial charge in [-0.05, 0) is 19.8 Å². The monoisotopic (exact) mass is 241 g/mol. The van der Waals surface area contributed by atoms with Crippen LogP contribution in [0.2, 0.25) is 0 Å². The molecule has 1 atom stereocenters. The van der Waals surface area contributed by atoms with Crippen LogP contribution in [0.3, 0.4) is 0 Å². The van der Waals surface area contributed by atoms with Crippen LogP contribution in [-0.2, 0) is 9.59 Å². The lowest BCUT2D eigenvalue weighted by molar-refractivity contribution is -0.136. The van der Waals surface area contributed by atoms with E-state index in [1.165, 1.54) is 4.90 Å². The number of carbonyl (C=O) groups is 2. The van der Waals surface area contributed by atoms with Crippen LogP contribution in [0.25, 0.3) is 0 Å². The van der Waals surface area contributed by atoms with E-state index >= 15 is 0 Å². The molecule has 0 aliphatic heterocycles. The van der Waals surface area contributed by atoms with Crippen LogP contribution in [0.4, 0.5) is 0 Å². The Labute approximate surface area is 103 Å². The third-order valence-electron chi connectivity index (χ3n) is 3.36. The Morgan fingerprint density at radius 2 is 1.76 bits per heavy atom. The Morgan fingerprint density at radius 1 is 1.24 bits per heavy atom. The summed E-state index contributed by atoms with van der Waals surface area (Å²) in [4.78, 5) is 25.2. The Kier molecular flexibility index (Phi) is 4.51. The summed E-state index contributed by atoms with van der Waals surface area (Å²) in [6, 6.07) is -0.514. The first-order chi connectivity index (χ1) is 7.87. The summed E-state index contributed by atoms with van der Waals surface area (Å²) in [7, 11) is 3.34. The Morgan fingerprint density at radius 3 is 2.24 bits per heavy atom. The van der Waals surface area contributed by atoms with Gasteiger partial charge in [0.05, 0.1) is 5.54 Å². The third kappa shape index (κ3) is 3.43. The molecular formula is C12H23N3O2. The van der Waals surface area contributed by atoms with Gasteiger partial charge in [-0.25, -0.2) is 0 Å². The molecule has 0 aromatic carbocycles. The maximum Gasteiger partial charge on any atom is 0.244 e. The van der Waals surface area contributed by atoms with Crippen molar-refractivity contribution in [3.63, 3.8) is 0 Å². The molecule has 1 unspecified atom stereocenters. The fraction of sp³-hybridized carbons (Fsp3) is 0.833. The second-order valence-corrected chi connectivity index (χ2v) is 5.14. The Hall–Kier alpha value is -1.10. The van der Waals surface area contributed by atoms with Crippen molar-refractivity contribution in [2.75, 3.05) is 14.1 Å². The number of nitrogens with zero attached hydrogens (tertiary/aromatic N) is 1. The summed E-state index contributed by atoms with van der Waals surface area (Å²) in [5.74, 6) is -0.308. The molecule has 0 radical (unpaired) electrons. The van der Waals surface area contributed by atoms with Crippen molar-refractivity contribution < 1.29 is 9.59 Å². The zero-order valence-electron chi connectivity index (χ0n) is 11.0. The molecule has 0 bridgehead atoms. The average molecular weight is 241 g/mol. The van der Waals surface area contributed by atoms with E-state index in [1.807, 2.05) is 0 Å². The lowest BCUT2D eigenvalue weighted by Gasteiger charge is -2.33. The highest BCUT2D eigenvalue weighted by Gasteiger charge is 2.36. The molecule has 1 fully saturated rings. The lowest BCUT2D eigenvalue weighted by atomic mass is 9.82. The number of carbonyl (C=O) groups excluding carboxylic acids is 2. The van der Waals surface area contributed by atoms with E-state index in [1.54, 1.807) is 21.0 Å². The molecule has 5 nitrogen and oxygen atoms in total. The maximum absolute atomic E-state index is 12.1. The van der Waals surface area contributed by atoms with Crippen molar-refractivity contribution in [3.05, 3.63) is 0 Å². The van der Waals surface area contributed by atoms with Gasteiger partial charge >= 0.3 is 0 Å². The van der Waals surface area contributed by atoms with Gasteiger partial charge in [-0.2, -0.15) is 0 Å². The van der Waals surface area contributed by atoms with Crippen LogP contribution in [0.15, 0.2) is 0 Å². The first kappa shape index (κ1) is 14.0. The molecule has 1 aliphatic carbocycles. The van der Waals surface area contributed by atoms with Crippen LogP contribution >= 0.6 is 0 Å². The number of amides is 2. The smallest absolute Gasteiger partial charge is 0.244 e. The molecule has 5 heteroatoms. The number of likely N-dealkylation sites (N-methyl/N-ethyl adjacent to an activating group) is 1. The molecule has 0 aromatic rings. The third-order valence-corrected chi connectivity index (χ3v) is 3.36. The molecule has 17 heavy (non-hydrogen) atoms. The summed E-state index contributed by atoms with van der Waals surface area (Å²) in [5, 5.41) is 2.72. The van der Waals surface area contributed by atoms with Crippen molar-refractivity contribution in [1.29, 1.82) is 0 Å². The number of hydrogen-bond acceptors (Lipinski definition) is 3. The fourth-order valence-electron chi connectivity index (χ4n) is 2.20. The van der Waals surface area contributed by atoms with Gasteiger partial charge in [-0.1, -0.05) is 19.3 Å². The summed E-state index contributed by atoms with van der Waals surface area (Å²) in [6.45, 7) is 1.69. The standard InChI is InChI=1S/C12H23N3O2/c1-9(10(16)15(2)3)14-11(17)12(13)7-5-4-6-8-12/h9H,4-8,13H2,1-3H3,(H,14,17). The highest BCUT2D eigenvalue weighted by atomic mass is 16.2. The topological polar surface area (TPSA) is 75.4 Å². The molecule has 2 amide bonds. The largest absolute Gasteiger partial charge is 0.347 e. The van der Waals surface area contributed by atoms with Crippen molar-refractivity contribution >= 4 is 11.8 Å². The van der Waals surface area contributed by atoms with Crippen LogP contribution < -0.4 is 11.1 Å². The SMILES string of the molecule is CC(NC(=O)C1(N)CCCCC1)C(=O)N(C)C. The van der Waals surface area contributed by atoms with E-state index in [0.717, 1.165) is 19.3 Å². The molecule has 0 aromatic heterocycles. The van der Waals surface area contributed by atoms with E-state index in [4.69, 9.17) is 5.73 Å². The number of rotatable bonds is 3. The van der Waals surface area contributed by atoms with Crippen molar-refractivity contribution in [1.82, 2.24) is 10.2 Å². The zero-order chi connectivity index (χ0) is 13.1. The molecular weight excluding hydrogens is 218 g/mol. The van der Waals surface area contributed by atoms with E-state index in [-0.39, 0.29) is 11.8 Å². The van der Waals surface area contributed by atoms with Crippen LogP contribution in [0.1, 0.15) is 39.0 Å². The molecule has 1 aliphatic rings. The summed E-state index contributed by atoms with van der Waals surface area (Å²) >= 11 is 0. The van der Waals surface area contributed by atoms with E-state index < -0.39 is 11.6 Å². The minimum atomic E-state index is -0.779. The summed E-state index contributed by atoms with van der Waals surface area (Å²) < 4.78 is 0. The van der Waals surface area contributed by atoms with Crippen LogP contribution in [0, 0.1) is 0 Å². The van der Waals surface area contributed by atoms with Gasteiger partial charge in [-0.3, -0.25) is 9.59 Å². The minimum absolute atomic E-state index is 0.113. The second-order valence-electron chi connectivity index (χ2n) is 5.14. The summed E-state index contributed by atoms with van der Waals surface area (Å²) in [5.41, 5.74) is 5.31. The number of nitrogens with two attached hydrogens (primary N) is 1. The number of hydrogen-bond donors (Lipinski definition) is 2. The quantitative estimate of drug-likeness (QED) is 0.743. The molecule has 0 saturated heterocycles. The average Bonchev–Trinajstić information content (AvgIpc) is 2.28. The van der Waals surface area contributed by atoms with E-state index in [2.05, 4.69) is 5.32 Å². The minimum Gasteiger partial charge on any atom is -0.347 e. The first-order valence-electron chi connectivity index (χ1n) is 6.18. The van der Waals surface area contributed by atoms with Gasteiger partial charge in [0.1, 0.15) is 6.04 Å². The second kappa shape index (κ2) is 5.49. The van der Waals surface area contributed by atoms with Gasteiger partial charge in [0, 0.05) is 14.1 Å². The van der Waals surface area contributed by atoms with Crippen LogP contribution in [-0.4, -0.2) is 42.4 Å². The normalized spacial score (nSPS) is 20.5. The van der Waals surface area contributed by atoms with Gasteiger partial charge in [0.15, 0.2) is 0 Å². The molecule has 98 valence electrons. The molecule has 0 heterocycles. The highest BCUT2D eigenvalue weighted by Crippen LogP contribution is 2.26. The molecule has 1 saturated carbocycles. The van der Waals surface area contributed by atoms with E-state index in [9.17, 15) is 9.59 Å². The van der Waals surface area contributed by atoms with Gasteiger partial charge in [0.25, 0.3) is 0 Å². The molecule has 1 rings (SSSR count). The summed E-state index contributed by atoms with van der Waals surface area (Å²) in [6.07, 6.45) is 4.53. The highest BCUT2D eigenvalue weighted by molar-refractivity contribution is 5.91. The lowest BCUT2D eigenvalue weighted by Crippen LogP contribution is -2.58. The predicted molar refractivity (Wildman–Crippen MR) is 66.3 cm³/mol. The van der Waals surface area contributed by atoms with E-state index in [0.29, 0.717) is 12.8 Å². The van der Waals surface area contributed by atoms with Crippen molar-refractivity contribution in [3.8, 4) is 0 Å². The zero-order valence-corrected chi connectivity index (χ0v) is 11.0. The Bertz CT molecular complexity index is 296. The van der Waals surface area contributed by atoms with Gasteiger partial charge < -0.3 is 16.0 Å². The fourth-order valence-corrected chi connectivity index (χ4v) is 2.20. The predicted octanol–water partition coefficient (Wildman–Crippen LogP) is 0.241. The maximum atomic E-state index is 12.1. The van der Waals surface area contributed by atoms with Crippen LogP contribution in [0.5, 0.6) is 0 Å². The van der Waals surface area contributed by atoms with Gasteiger partial charge in [-0.15, -0.1) is 0 Å². The van der Waals surface area contributed by atoms with Gasteiger partial charge in [0.2, 0.25) is 11.8 Å². The molecule has 0 spiro atoms. The number of nitrogens with one attached hydrogen (secondary N) is 1. The molecule has 3 N–H and O–H groups in total. The first-order valence-corrected chi connectivity index (χ1v) is 6.18. The van der Waals surface area contributed by atoms with Crippen molar-refractivity contribution in [2.24, 2.45) is 5.73 Å².